The quantitative estimate of drug-likeness (QED) is 0.0454. The first kappa shape index (κ1) is 44.0. The van der Waals surface area contributed by atoms with Gasteiger partial charge in [-0.15, -0.1) is 0 Å². The molecular formula is C37H58BN9O7. The van der Waals surface area contributed by atoms with Crippen LogP contribution in [0.2, 0.25) is 0 Å². The summed E-state index contributed by atoms with van der Waals surface area (Å²) in [6.07, 6.45) is 3.31. The molecule has 1 saturated heterocycles. The number of rotatable bonds is 20. The highest BCUT2D eigenvalue weighted by atomic mass is 16.4. The molecule has 6 atom stereocenters. The van der Waals surface area contributed by atoms with Crippen LogP contribution in [0.4, 0.5) is 0 Å². The number of amides is 5. The zero-order chi connectivity index (χ0) is 39.9. The summed E-state index contributed by atoms with van der Waals surface area (Å²) in [6.45, 7) is 6.20. The van der Waals surface area contributed by atoms with Crippen LogP contribution in [0.15, 0.2) is 48.5 Å². The molecular weight excluding hydrogens is 693 g/mol. The molecule has 17 heteroatoms. The Morgan fingerprint density at radius 2 is 1.48 bits per heavy atom. The molecule has 1 aliphatic rings. The van der Waals surface area contributed by atoms with Crippen LogP contribution in [0, 0.1) is 5.92 Å². The summed E-state index contributed by atoms with van der Waals surface area (Å²) >= 11 is 0. The van der Waals surface area contributed by atoms with Crippen molar-refractivity contribution in [1.29, 1.82) is 0 Å². The second-order valence-electron chi connectivity index (χ2n) is 14.3. The SMILES string of the molecule is CCCCc1ccc(-c2ccc(C(=O)NC(CCCCN)C(=O)N3C[C@H](N)C[C@H]3C(=O)N[C@@H](N)C(=O)NC(CC(C)C)C(=O)N[C@@H](N)B(O)O)cc2)cc1. The van der Waals surface area contributed by atoms with E-state index < -0.39 is 73.1 Å². The Hall–Kier alpha value is -4.39. The molecule has 0 saturated carbocycles. The van der Waals surface area contributed by atoms with Gasteiger partial charge in [-0.2, -0.15) is 0 Å². The van der Waals surface area contributed by atoms with E-state index >= 15 is 0 Å². The van der Waals surface area contributed by atoms with Crippen LogP contribution in [0.1, 0.15) is 81.6 Å². The van der Waals surface area contributed by atoms with Gasteiger partial charge in [-0.25, -0.2) is 0 Å². The van der Waals surface area contributed by atoms with Gasteiger partial charge >= 0.3 is 7.12 Å². The molecule has 16 nitrogen and oxygen atoms in total. The van der Waals surface area contributed by atoms with Gasteiger partial charge in [0, 0.05) is 18.2 Å². The van der Waals surface area contributed by atoms with E-state index in [4.69, 9.17) is 22.9 Å². The van der Waals surface area contributed by atoms with Crippen molar-refractivity contribution < 1.29 is 34.0 Å². The normalized spacial score (nSPS) is 17.6. The van der Waals surface area contributed by atoms with Crippen molar-refractivity contribution in [2.45, 2.75) is 109 Å². The third-order valence-corrected chi connectivity index (χ3v) is 9.27. The number of hydrogen-bond acceptors (Lipinski definition) is 11. The fourth-order valence-corrected chi connectivity index (χ4v) is 6.23. The van der Waals surface area contributed by atoms with Gasteiger partial charge in [-0.3, -0.25) is 24.0 Å². The highest BCUT2D eigenvalue weighted by molar-refractivity contribution is 6.43. The van der Waals surface area contributed by atoms with E-state index in [1.165, 1.54) is 10.5 Å². The number of nitrogens with one attached hydrogen (secondary N) is 4. The minimum atomic E-state index is -2.03. The Bertz CT molecular complexity index is 1550. The van der Waals surface area contributed by atoms with E-state index in [-0.39, 0.29) is 31.7 Å². The smallest absolute Gasteiger partial charge is 0.425 e. The van der Waals surface area contributed by atoms with Gasteiger partial charge in [0.05, 0.1) is 0 Å². The fraction of sp³-hybridized carbons (Fsp3) is 0.541. The summed E-state index contributed by atoms with van der Waals surface area (Å²) in [5, 5.41) is 28.4. The summed E-state index contributed by atoms with van der Waals surface area (Å²) in [5.74, 6) is -3.46. The number of nitrogens with two attached hydrogens (primary N) is 4. The van der Waals surface area contributed by atoms with Gasteiger partial charge in [-0.05, 0) is 86.2 Å². The van der Waals surface area contributed by atoms with Gasteiger partial charge in [0.25, 0.3) is 11.8 Å². The molecule has 54 heavy (non-hydrogen) atoms. The Morgan fingerprint density at radius 3 is 2.06 bits per heavy atom. The third kappa shape index (κ3) is 13.2. The topological polar surface area (TPSA) is 281 Å². The van der Waals surface area contributed by atoms with Crippen molar-refractivity contribution in [2.75, 3.05) is 13.1 Å². The molecule has 1 heterocycles. The molecule has 1 aliphatic heterocycles. The zero-order valence-corrected chi connectivity index (χ0v) is 31.5. The molecule has 0 spiro atoms. The highest BCUT2D eigenvalue weighted by Gasteiger charge is 2.41. The van der Waals surface area contributed by atoms with Crippen LogP contribution in [0.25, 0.3) is 11.1 Å². The van der Waals surface area contributed by atoms with Crippen LogP contribution in [-0.2, 0) is 25.6 Å². The lowest BCUT2D eigenvalue weighted by Gasteiger charge is -2.29. The molecule has 0 radical (unpaired) electrons. The second-order valence-corrected chi connectivity index (χ2v) is 14.3. The molecule has 2 unspecified atom stereocenters. The monoisotopic (exact) mass is 751 g/mol. The van der Waals surface area contributed by atoms with Gasteiger partial charge in [-0.1, -0.05) is 63.6 Å². The summed E-state index contributed by atoms with van der Waals surface area (Å²) in [7, 11) is -2.03. The number of carbonyl (C=O) groups excluding carboxylic acids is 5. The van der Waals surface area contributed by atoms with Gasteiger partial charge in [0.2, 0.25) is 17.7 Å². The molecule has 1 fully saturated rings. The lowest BCUT2D eigenvalue weighted by Crippen LogP contribution is -2.62. The summed E-state index contributed by atoms with van der Waals surface area (Å²) < 4.78 is 0. The standard InChI is InChI=1S/C37H58BN9O7/c1-4-5-8-23-10-12-24(13-11-23)25-14-16-26(17-15-25)32(48)43-28(9-6-7-18-39)36(52)47-21-27(40)20-30(47)34(50)45-31(41)35(51)44-29(19-22(2)3)33(49)46-37(42)38(53)54/h10-17,22,27-31,37,53-54H,4-9,18-21,39-42H2,1-3H3,(H,43,48)(H,44,51)(H,45,50)(H,46,49)/t27-,28?,29?,30+,31-,37-/m1/s1. The summed E-state index contributed by atoms with van der Waals surface area (Å²) in [4.78, 5) is 68.0. The molecule has 5 amide bonds. The van der Waals surface area contributed by atoms with Crippen molar-refractivity contribution in [3.05, 3.63) is 59.7 Å². The van der Waals surface area contributed by atoms with Crippen LogP contribution in [0.3, 0.4) is 0 Å². The lowest BCUT2D eigenvalue weighted by molar-refractivity contribution is -0.141. The first-order valence-corrected chi connectivity index (χ1v) is 18.7. The molecule has 2 aromatic carbocycles. The van der Waals surface area contributed by atoms with Gasteiger partial charge < -0.3 is 59.1 Å². The van der Waals surface area contributed by atoms with Crippen LogP contribution in [-0.4, -0.2) is 101 Å². The fourth-order valence-electron chi connectivity index (χ4n) is 6.23. The van der Waals surface area contributed by atoms with E-state index in [9.17, 15) is 34.0 Å². The molecule has 2 aromatic rings. The number of carbonyl (C=O) groups is 5. The maximum absolute atomic E-state index is 14.0. The summed E-state index contributed by atoms with van der Waals surface area (Å²) in [6, 6.07) is 10.2. The first-order valence-electron chi connectivity index (χ1n) is 18.7. The Morgan fingerprint density at radius 1 is 0.852 bits per heavy atom. The predicted octanol–water partition coefficient (Wildman–Crippen LogP) is -0.803. The molecule has 296 valence electrons. The third-order valence-electron chi connectivity index (χ3n) is 9.27. The van der Waals surface area contributed by atoms with Crippen molar-refractivity contribution in [3.63, 3.8) is 0 Å². The molecule has 0 aromatic heterocycles. The largest absolute Gasteiger partial charge is 0.490 e. The number of likely N-dealkylation sites (tertiary alicyclic amines) is 1. The molecule has 14 N–H and O–H groups in total. The van der Waals surface area contributed by atoms with Crippen LogP contribution < -0.4 is 44.2 Å². The van der Waals surface area contributed by atoms with Crippen molar-refractivity contribution >= 4 is 36.7 Å². The Labute approximate surface area is 317 Å². The van der Waals surface area contributed by atoms with Gasteiger partial charge in [0.1, 0.15) is 24.2 Å². The van der Waals surface area contributed by atoms with E-state index in [1.54, 1.807) is 26.0 Å². The molecule has 0 aliphatic carbocycles. The number of hydrogen-bond donors (Lipinski definition) is 10. The minimum absolute atomic E-state index is 0.0289. The lowest BCUT2D eigenvalue weighted by atomic mass is 9.86. The number of benzene rings is 2. The van der Waals surface area contributed by atoms with Crippen molar-refractivity contribution in [2.24, 2.45) is 28.9 Å². The summed E-state index contributed by atoms with van der Waals surface area (Å²) in [5.41, 5.74) is 27.1. The number of aryl methyl sites for hydroxylation is 1. The van der Waals surface area contributed by atoms with Crippen LogP contribution >= 0.6 is 0 Å². The average molecular weight is 752 g/mol. The molecule has 0 bridgehead atoms. The van der Waals surface area contributed by atoms with E-state index in [1.807, 2.05) is 12.1 Å². The Kier molecular flexibility index (Phi) is 17.5. The molecule has 3 rings (SSSR count). The second kappa shape index (κ2) is 21.5. The predicted molar refractivity (Wildman–Crippen MR) is 207 cm³/mol. The van der Waals surface area contributed by atoms with Gasteiger partial charge in [0.15, 0.2) is 6.17 Å². The van der Waals surface area contributed by atoms with E-state index in [0.717, 1.165) is 30.4 Å². The number of unbranched alkanes of at least 4 members (excludes halogenated alkanes) is 2. The zero-order valence-electron chi connectivity index (χ0n) is 31.5. The Balaban J connectivity index is 1.70. The maximum Gasteiger partial charge on any atom is 0.490 e. The minimum Gasteiger partial charge on any atom is -0.425 e. The maximum atomic E-state index is 14.0. The van der Waals surface area contributed by atoms with Crippen molar-refractivity contribution in [1.82, 2.24) is 26.2 Å². The van der Waals surface area contributed by atoms with Crippen molar-refractivity contribution in [3.8, 4) is 11.1 Å². The highest BCUT2D eigenvalue weighted by Crippen LogP contribution is 2.23. The van der Waals surface area contributed by atoms with E-state index in [0.29, 0.717) is 24.9 Å². The first-order chi connectivity index (χ1) is 25.6. The number of nitrogens with zero attached hydrogens (tertiary/aromatic N) is 1. The van der Waals surface area contributed by atoms with E-state index in [2.05, 4.69) is 52.5 Å². The van der Waals surface area contributed by atoms with Crippen LogP contribution in [0.5, 0.6) is 0 Å². The average Bonchev–Trinajstić information content (AvgIpc) is 3.54.